The third-order valence-electron chi connectivity index (χ3n) is 1.92. The Balaban J connectivity index is 2.13. The Morgan fingerprint density at radius 3 is 3.00 bits per heavy atom. The highest BCUT2D eigenvalue weighted by Gasteiger charge is 2.08. The zero-order valence-corrected chi connectivity index (χ0v) is 8.19. The largest absolute Gasteiger partial charge is 0.321 e. The summed E-state index contributed by atoms with van der Waals surface area (Å²) in [6.07, 6.45) is 1.38. The number of anilines is 1. The van der Waals surface area contributed by atoms with E-state index < -0.39 is 0 Å². The molecule has 0 unspecified atom stereocenters. The summed E-state index contributed by atoms with van der Waals surface area (Å²) in [7, 11) is 0. The number of H-pyrrole nitrogens is 1. The standard InChI is InChI=1S/C10H10N4O/c1-7-3-2-4-8(5-7)12-10(15)9-6-11-14-13-9/h2-6H,1H3,(H,12,15)(H,11,13,14). The molecule has 0 radical (unpaired) electrons. The predicted octanol–water partition coefficient (Wildman–Crippen LogP) is 1.37. The topological polar surface area (TPSA) is 70.7 Å². The van der Waals surface area contributed by atoms with Crippen molar-refractivity contribution < 1.29 is 4.79 Å². The molecule has 2 aromatic rings. The van der Waals surface area contributed by atoms with E-state index in [-0.39, 0.29) is 11.6 Å². The molecule has 1 heterocycles. The Labute approximate surface area is 86.5 Å². The molecule has 0 atom stereocenters. The van der Waals surface area contributed by atoms with Gasteiger partial charge in [-0.1, -0.05) is 12.1 Å². The minimum Gasteiger partial charge on any atom is -0.321 e. The van der Waals surface area contributed by atoms with Gasteiger partial charge in [0.2, 0.25) is 0 Å². The second-order valence-corrected chi connectivity index (χ2v) is 3.18. The van der Waals surface area contributed by atoms with E-state index in [9.17, 15) is 4.79 Å². The minimum absolute atomic E-state index is 0.269. The number of nitrogens with one attached hydrogen (secondary N) is 2. The first-order valence-corrected chi connectivity index (χ1v) is 4.49. The molecule has 0 bridgehead atoms. The van der Waals surface area contributed by atoms with Crippen molar-refractivity contribution in [1.82, 2.24) is 15.4 Å². The van der Waals surface area contributed by atoms with Gasteiger partial charge in [0.05, 0.1) is 6.20 Å². The van der Waals surface area contributed by atoms with Crippen LogP contribution in [-0.2, 0) is 0 Å². The van der Waals surface area contributed by atoms with E-state index in [1.54, 1.807) is 0 Å². The van der Waals surface area contributed by atoms with Gasteiger partial charge in [0.25, 0.3) is 5.91 Å². The summed E-state index contributed by atoms with van der Waals surface area (Å²) in [5, 5.41) is 12.4. The molecule has 5 nitrogen and oxygen atoms in total. The highest BCUT2D eigenvalue weighted by Crippen LogP contribution is 2.10. The molecule has 5 heteroatoms. The van der Waals surface area contributed by atoms with Crippen molar-refractivity contribution in [3.05, 3.63) is 41.7 Å². The Bertz CT molecular complexity index is 464. The molecule has 0 spiro atoms. The molecule has 15 heavy (non-hydrogen) atoms. The van der Waals surface area contributed by atoms with Crippen LogP contribution in [0.25, 0.3) is 0 Å². The van der Waals surface area contributed by atoms with Gasteiger partial charge < -0.3 is 5.32 Å². The van der Waals surface area contributed by atoms with Gasteiger partial charge in [-0.05, 0) is 24.6 Å². The lowest BCUT2D eigenvalue weighted by Gasteiger charge is -2.02. The zero-order chi connectivity index (χ0) is 10.7. The fraction of sp³-hybridized carbons (Fsp3) is 0.100. The number of hydrogen-bond donors (Lipinski definition) is 2. The van der Waals surface area contributed by atoms with Crippen molar-refractivity contribution in [3.8, 4) is 0 Å². The average Bonchev–Trinajstić information content (AvgIpc) is 2.70. The molecular weight excluding hydrogens is 192 g/mol. The Hall–Kier alpha value is -2.17. The van der Waals surface area contributed by atoms with Gasteiger partial charge in [-0.2, -0.15) is 15.4 Å². The maximum absolute atomic E-state index is 11.6. The summed E-state index contributed by atoms with van der Waals surface area (Å²) in [6.45, 7) is 1.96. The van der Waals surface area contributed by atoms with Gasteiger partial charge in [0.15, 0.2) is 5.69 Å². The molecule has 1 aromatic carbocycles. The quantitative estimate of drug-likeness (QED) is 0.772. The van der Waals surface area contributed by atoms with E-state index in [1.165, 1.54) is 6.20 Å². The molecule has 76 valence electrons. The first-order chi connectivity index (χ1) is 7.25. The summed E-state index contributed by atoms with van der Waals surface area (Å²) in [4.78, 5) is 11.6. The molecule has 0 aliphatic heterocycles. The van der Waals surface area contributed by atoms with Crippen LogP contribution in [0.15, 0.2) is 30.5 Å². The number of carbonyl (C=O) groups excluding carboxylic acids is 1. The fourth-order valence-corrected chi connectivity index (χ4v) is 1.23. The first kappa shape index (κ1) is 9.39. The van der Waals surface area contributed by atoms with Crippen molar-refractivity contribution in [3.63, 3.8) is 0 Å². The molecule has 1 amide bonds. The van der Waals surface area contributed by atoms with Crippen LogP contribution in [0, 0.1) is 6.92 Å². The smallest absolute Gasteiger partial charge is 0.277 e. The lowest BCUT2D eigenvalue weighted by Crippen LogP contribution is -2.12. The summed E-state index contributed by atoms with van der Waals surface area (Å²) in [5.41, 5.74) is 2.12. The molecule has 0 aliphatic carbocycles. The van der Waals surface area contributed by atoms with Crippen molar-refractivity contribution >= 4 is 11.6 Å². The number of hydrogen-bond acceptors (Lipinski definition) is 3. The summed E-state index contributed by atoms with van der Waals surface area (Å²) in [6, 6.07) is 7.56. The second-order valence-electron chi connectivity index (χ2n) is 3.18. The normalized spacial score (nSPS) is 9.93. The molecule has 0 saturated heterocycles. The van der Waals surface area contributed by atoms with Crippen LogP contribution in [0.3, 0.4) is 0 Å². The molecule has 0 aliphatic rings. The van der Waals surface area contributed by atoms with E-state index in [0.717, 1.165) is 11.3 Å². The van der Waals surface area contributed by atoms with Gasteiger partial charge >= 0.3 is 0 Å². The van der Waals surface area contributed by atoms with E-state index in [4.69, 9.17) is 0 Å². The summed E-state index contributed by atoms with van der Waals surface area (Å²) >= 11 is 0. The van der Waals surface area contributed by atoms with Crippen molar-refractivity contribution in [2.75, 3.05) is 5.32 Å². The second kappa shape index (κ2) is 3.91. The SMILES string of the molecule is Cc1cccc(NC(=O)c2cn[nH]n2)c1. The lowest BCUT2D eigenvalue weighted by atomic mass is 10.2. The van der Waals surface area contributed by atoms with Gasteiger partial charge in [-0.3, -0.25) is 4.79 Å². The highest BCUT2D eigenvalue weighted by molar-refractivity contribution is 6.02. The average molecular weight is 202 g/mol. The summed E-state index contributed by atoms with van der Waals surface area (Å²) < 4.78 is 0. The van der Waals surface area contributed by atoms with Crippen molar-refractivity contribution in [2.45, 2.75) is 6.92 Å². The highest BCUT2D eigenvalue weighted by atomic mass is 16.2. The Kier molecular flexibility index (Phi) is 2.45. The van der Waals surface area contributed by atoms with Gasteiger partial charge in [0.1, 0.15) is 0 Å². The van der Waals surface area contributed by atoms with Crippen molar-refractivity contribution in [1.29, 1.82) is 0 Å². The Morgan fingerprint density at radius 1 is 1.47 bits per heavy atom. The number of nitrogens with zero attached hydrogens (tertiary/aromatic N) is 2. The Morgan fingerprint density at radius 2 is 2.33 bits per heavy atom. The van der Waals surface area contributed by atoms with E-state index in [0.29, 0.717) is 0 Å². The maximum atomic E-state index is 11.6. The van der Waals surface area contributed by atoms with Gasteiger partial charge in [0, 0.05) is 5.69 Å². The van der Waals surface area contributed by atoms with E-state index >= 15 is 0 Å². The monoisotopic (exact) mass is 202 g/mol. The molecule has 0 saturated carbocycles. The third kappa shape index (κ3) is 2.19. The number of aryl methyl sites for hydroxylation is 1. The van der Waals surface area contributed by atoms with E-state index in [2.05, 4.69) is 20.7 Å². The molecule has 2 N–H and O–H groups in total. The predicted molar refractivity (Wildman–Crippen MR) is 55.5 cm³/mol. The van der Waals surface area contributed by atoms with Crippen LogP contribution in [0.1, 0.15) is 16.1 Å². The van der Waals surface area contributed by atoms with Gasteiger partial charge in [-0.15, -0.1) is 0 Å². The minimum atomic E-state index is -0.269. The number of carbonyl (C=O) groups is 1. The lowest BCUT2D eigenvalue weighted by molar-refractivity contribution is 0.102. The number of rotatable bonds is 2. The fourth-order valence-electron chi connectivity index (χ4n) is 1.23. The number of aromatic nitrogens is 3. The number of amides is 1. The van der Waals surface area contributed by atoms with Crippen LogP contribution < -0.4 is 5.32 Å². The van der Waals surface area contributed by atoms with Crippen molar-refractivity contribution in [2.24, 2.45) is 0 Å². The first-order valence-electron chi connectivity index (χ1n) is 4.49. The molecule has 1 aromatic heterocycles. The maximum Gasteiger partial charge on any atom is 0.277 e. The van der Waals surface area contributed by atoms with E-state index in [1.807, 2.05) is 31.2 Å². The van der Waals surface area contributed by atoms with Crippen LogP contribution in [0.4, 0.5) is 5.69 Å². The number of benzene rings is 1. The number of aromatic amines is 1. The molecular formula is C10H10N4O. The van der Waals surface area contributed by atoms with Gasteiger partial charge in [-0.25, -0.2) is 0 Å². The van der Waals surface area contributed by atoms with Crippen LogP contribution in [0.5, 0.6) is 0 Å². The third-order valence-corrected chi connectivity index (χ3v) is 1.92. The van der Waals surface area contributed by atoms with Crippen LogP contribution in [0.2, 0.25) is 0 Å². The van der Waals surface area contributed by atoms with Crippen LogP contribution in [-0.4, -0.2) is 21.3 Å². The van der Waals surface area contributed by atoms with Crippen LogP contribution >= 0.6 is 0 Å². The molecule has 0 fully saturated rings. The zero-order valence-electron chi connectivity index (χ0n) is 8.19. The summed E-state index contributed by atoms with van der Waals surface area (Å²) in [5.74, 6) is -0.269. The molecule has 2 rings (SSSR count).